The molecule has 0 unspecified atom stereocenters. The number of carbonyl (C=O) groups is 2. The van der Waals surface area contributed by atoms with E-state index in [1.165, 1.54) is 11.8 Å². The van der Waals surface area contributed by atoms with Crippen LogP contribution in [-0.4, -0.2) is 22.2 Å². The fourth-order valence-corrected chi connectivity index (χ4v) is 3.15. The standard InChI is InChI=1S/C16H10O4S/c17-15(18)11-5-6-13-10(7-11)3-1-9-2-4-12(16(19)20)8-14(9)21-13/h1-8H,(H,17,18)(H,19,20). The van der Waals surface area contributed by atoms with E-state index in [4.69, 9.17) is 10.2 Å². The van der Waals surface area contributed by atoms with Gasteiger partial charge < -0.3 is 10.2 Å². The summed E-state index contributed by atoms with van der Waals surface area (Å²) in [5.41, 5.74) is 2.20. The van der Waals surface area contributed by atoms with E-state index < -0.39 is 11.9 Å². The molecule has 1 aliphatic rings. The summed E-state index contributed by atoms with van der Waals surface area (Å²) in [6.45, 7) is 0. The van der Waals surface area contributed by atoms with Gasteiger partial charge in [-0.25, -0.2) is 9.59 Å². The highest BCUT2D eigenvalue weighted by Crippen LogP contribution is 2.38. The van der Waals surface area contributed by atoms with Crippen LogP contribution in [0.15, 0.2) is 46.2 Å². The lowest BCUT2D eigenvalue weighted by molar-refractivity contribution is 0.0686. The Morgan fingerprint density at radius 2 is 1.38 bits per heavy atom. The van der Waals surface area contributed by atoms with E-state index in [-0.39, 0.29) is 11.1 Å². The van der Waals surface area contributed by atoms with Gasteiger partial charge in [-0.1, -0.05) is 30.0 Å². The maximum Gasteiger partial charge on any atom is 0.335 e. The maximum absolute atomic E-state index is 11.0. The van der Waals surface area contributed by atoms with Gasteiger partial charge in [0.15, 0.2) is 0 Å². The van der Waals surface area contributed by atoms with Crippen molar-refractivity contribution < 1.29 is 19.8 Å². The van der Waals surface area contributed by atoms with Gasteiger partial charge in [0.1, 0.15) is 0 Å². The first kappa shape index (κ1) is 13.5. The summed E-state index contributed by atoms with van der Waals surface area (Å²) in [7, 11) is 0. The van der Waals surface area contributed by atoms with Crippen molar-refractivity contribution in [3.05, 3.63) is 58.7 Å². The number of carboxylic acid groups (broad SMARTS) is 2. The van der Waals surface area contributed by atoms with E-state index in [2.05, 4.69) is 0 Å². The third kappa shape index (κ3) is 2.55. The van der Waals surface area contributed by atoms with Gasteiger partial charge in [0, 0.05) is 9.79 Å². The molecule has 3 rings (SSSR count). The molecule has 21 heavy (non-hydrogen) atoms. The topological polar surface area (TPSA) is 74.6 Å². The first-order valence-electron chi connectivity index (χ1n) is 6.15. The van der Waals surface area contributed by atoms with Gasteiger partial charge in [-0.3, -0.25) is 0 Å². The fraction of sp³-hybridized carbons (Fsp3) is 0. The second-order valence-electron chi connectivity index (χ2n) is 4.55. The lowest BCUT2D eigenvalue weighted by Crippen LogP contribution is -1.97. The van der Waals surface area contributed by atoms with Crippen LogP contribution in [0.2, 0.25) is 0 Å². The Morgan fingerprint density at radius 3 is 2.10 bits per heavy atom. The predicted octanol–water partition coefficient (Wildman–Crippen LogP) is 3.72. The first-order valence-corrected chi connectivity index (χ1v) is 6.97. The number of benzene rings is 2. The zero-order valence-electron chi connectivity index (χ0n) is 10.7. The summed E-state index contributed by atoms with van der Waals surface area (Å²) in [4.78, 5) is 23.8. The Hall–Kier alpha value is -2.53. The van der Waals surface area contributed by atoms with Crippen LogP contribution in [0.1, 0.15) is 31.8 Å². The molecular weight excluding hydrogens is 288 g/mol. The fourth-order valence-electron chi connectivity index (χ4n) is 2.10. The number of aromatic carboxylic acids is 2. The van der Waals surface area contributed by atoms with Crippen molar-refractivity contribution in [1.82, 2.24) is 0 Å². The van der Waals surface area contributed by atoms with E-state index in [9.17, 15) is 9.59 Å². The molecule has 0 saturated carbocycles. The third-order valence-electron chi connectivity index (χ3n) is 3.18. The summed E-state index contributed by atoms with van der Waals surface area (Å²) in [5.74, 6) is -1.93. The van der Waals surface area contributed by atoms with Crippen LogP contribution in [0, 0.1) is 0 Å². The zero-order valence-corrected chi connectivity index (χ0v) is 11.6. The molecule has 5 heteroatoms. The Balaban J connectivity index is 2.08. The minimum Gasteiger partial charge on any atom is -0.478 e. The Morgan fingerprint density at radius 1 is 0.762 bits per heavy atom. The number of hydrogen-bond donors (Lipinski definition) is 2. The number of rotatable bonds is 2. The van der Waals surface area contributed by atoms with Gasteiger partial charge in [0.05, 0.1) is 11.1 Å². The molecule has 0 radical (unpaired) electrons. The highest BCUT2D eigenvalue weighted by Gasteiger charge is 2.14. The quantitative estimate of drug-likeness (QED) is 0.754. The molecule has 1 aliphatic heterocycles. The van der Waals surface area contributed by atoms with Crippen LogP contribution in [-0.2, 0) is 0 Å². The second kappa shape index (κ2) is 5.10. The van der Waals surface area contributed by atoms with Crippen LogP contribution in [0.5, 0.6) is 0 Å². The highest BCUT2D eigenvalue weighted by atomic mass is 32.2. The lowest BCUT2D eigenvalue weighted by Gasteiger charge is -2.07. The van der Waals surface area contributed by atoms with E-state index in [0.29, 0.717) is 0 Å². The SMILES string of the molecule is O=C(O)c1ccc2c(c1)C=Cc1ccc(C(=O)O)cc1S2. The summed E-state index contributed by atoms with van der Waals surface area (Å²) in [6.07, 6.45) is 3.71. The minimum atomic E-state index is -0.967. The van der Waals surface area contributed by atoms with E-state index in [1.54, 1.807) is 36.4 Å². The summed E-state index contributed by atoms with van der Waals surface area (Å²) in [6, 6.07) is 9.86. The van der Waals surface area contributed by atoms with Crippen molar-refractivity contribution >= 4 is 35.9 Å². The van der Waals surface area contributed by atoms with Gasteiger partial charge in [0.25, 0.3) is 0 Å². The van der Waals surface area contributed by atoms with Crippen molar-refractivity contribution in [1.29, 1.82) is 0 Å². The molecule has 0 fully saturated rings. The van der Waals surface area contributed by atoms with Crippen molar-refractivity contribution in [2.45, 2.75) is 9.79 Å². The molecule has 0 spiro atoms. The maximum atomic E-state index is 11.0. The number of hydrogen-bond acceptors (Lipinski definition) is 3. The smallest absolute Gasteiger partial charge is 0.335 e. The van der Waals surface area contributed by atoms with Gasteiger partial charge in [-0.2, -0.15) is 0 Å². The van der Waals surface area contributed by atoms with Gasteiger partial charge in [-0.05, 0) is 41.5 Å². The molecule has 1 heterocycles. The number of carboxylic acids is 2. The lowest BCUT2D eigenvalue weighted by atomic mass is 10.1. The Kier molecular flexibility index (Phi) is 3.27. The molecule has 0 aromatic heterocycles. The highest BCUT2D eigenvalue weighted by molar-refractivity contribution is 7.99. The molecule has 0 saturated heterocycles. The summed E-state index contributed by atoms with van der Waals surface area (Å²) >= 11 is 1.44. The van der Waals surface area contributed by atoms with Crippen LogP contribution < -0.4 is 0 Å². The van der Waals surface area contributed by atoms with Crippen LogP contribution in [0.3, 0.4) is 0 Å². The molecule has 0 aliphatic carbocycles. The van der Waals surface area contributed by atoms with Crippen LogP contribution >= 0.6 is 11.8 Å². The number of fused-ring (bicyclic) bond motifs is 2. The zero-order chi connectivity index (χ0) is 15.0. The first-order chi connectivity index (χ1) is 10.0. The molecule has 2 aromatic rings. The van der Waals surface area contributed by atoms with E-state index >= 15 is 0 Å². The van der Waals surface area contributed by atoms with Crippen LogP contribution in [0.4, 0.5) is 0 Å². The molecular formula is C16H10O4S. The average molecular weight is 298 g/mol. The van der Waals surface area contributed by atoms with Crippen molar-refractivity contribution in [2.24, 2.45) is 0 Å². The summed E-state index contributed by atoms with van der Waals surface area (Å²) < 4.78 is 0. The minimum absolute atomic E-state index is 0.233. The van der Waals surface area contributed by atoms with Crippen molar-refractivity contribution in [3.63, 3.8) is 0 Å². The molecule has 0 bridgehead atoms. The van der Waals surface area contributed by atoms with Crippen molar-refractivity contribution in [2.75, 3.05) is 0 Å². The molecule has 0 atom stereocenters. The molecule has 104 valence electrons. The monoisotopic (exact) mass is 298 g/mol. The van der Waals surface area contributed by atoms with Crippen molar-refractivity contribution in [3.8, 4) is 0 Å². The van der Waals surface area contributed by atoms with Gasteiger partial charge in [0.2, 0.25) is 0 Å². The third-order valence-corrected chi connectivity index (χ3v) is 4.34. The largest absolute Gasteiger partial charge is 0.478 e. The van der Waals surface area contributed by atoms with Gasteiger partial charge in [-0.15, -0.1) is 0 Å². The normalized spacial score (nSPS) is 12.2. The molecule has 4 nitrogen and oxygen atoms in total. The van der Waals surface area contributed by atoms with Gasteiger partial charge >= 0.3 is 11.9 Å². The summed E-state index contributed by atoms with van der Waals surface area (Å²) in [5, 5.41) is 18.1. The second-order valence-corrected chi connectivity index (χ2v) is 5.63. The van der Waals surface area contributed by atoms with E-state index in [1.807, 2.05) is 12.2 Å². The van der Waals surface area contributed by atoms with E-state index in [0.717, 1.165) is 20.9 Å². The molecule has 0 amide bonds. The molecule has 2 N–H and O–H groups in total. The Labute approximate surface area is 124 Å². The Bertz CT molecular complexity index is 793. The van der Waals surface area contributed by atoms with Crippen LogP contribution in [0.25, 0.3) is 12.2 Å². The molecule has 2 aromatic carbocycles. The average Bonchev–Trinajstić information content (AvgIpc) is 2.64. The predicted molar refractivity (Wildman–Crippen MR) is 79.9 cm³/mol.